The molecule has 1 nitrogen and oxygen atoms in total. The minimum atomic E-state index is 0.0323. The van der Waals surface area contributed by atoms with Gasteiger partial charge in [0, 0.05) is 22.3 Å². The third kappa shape index (κ3) is 4.98. The van der Waals surface area contributed by atoms with E-state index in [1.54, 1.807) is 0 Å². The van der Waals surface area contributed by atoms with Crippen molar-refractivity contribution in [3.05, 3.63) is 205 Å². The molecular formula is C47H32O. The van der Waals surface area contributed by atoms with E-state index in [2.05, 4.69) is 188 Å². The van der Waals surface area contributed by atoms with Crippen LogP contribution in [0.1, 0.15) is 22.6 Å². The van der Waals surface area contributed by atoms with Crippen LogP contribution in [0.25, 0.3) is 66.1 Å². The Balaban J connectivity index is 1.21. The summed E-state index contributed by atoms with van der Waals surface area (Å²) in [7, 11) is 0. The van der Waals surface area contributed by atoms with Crippen molar-refractivity contribution >= 4 is 32.7 Å². The number of hydrogen-bond acceptors (Lipinski definition) is 1. The van der Waals surface area contributed by atoms with Gasteiger partial charge in [0.2, 0.25) is 0 Å². The van der Waals surface area contributed by atoms with Crippen LogP contribution >= 0.6 is 0 Å². The van der Waals surface area contributed by atoms with E-state index in [1.165, 1.54) is 49.7 Å². The maximum Gasteiger partial charge on any atom is 0.143 e. The second kappa shape index (κ2) is 11.9. The highest BCUT2D eigenvalue weighted by Crippen LogP contribution is 2.43. The van der Waals surface area contributed by atoms with E-state index >= 15 is 0 Å². The molecule has 0 N–H and O–H groups in total. The van der Waals surface area contributed by atoms with Crippen LogP contribution in [-0.4, -0.2) is 0 Å². The quantitative estimate of drug-likeness (QED) is 0.170. The number of fused-ring (bicyclic) bond motifs is 4. The largest absolute Gasteiger partial charge is 0.455 e. The van der Waals surface area contributed by atoms with Crippen molar-refractivity contribution in [3.63, 3.8) is 0 Å². The van der Waals surface area contributed by atoms with Gasteiger partial charge in [-0.15, -0.1) is 0 Å². The van der Waals surface area contributed by atoms with Gasteiger partial charge in [0.25, 0.3) is 0 Å². The molecule has 0 saturated carbocycles. The van der Waals surface area contributed by atoms with Crippen LogP contribution < -0.4 is 0 Å². The Labute approximate surface area is 280 Å². The Bertz CT molecular complexity index is 2430. The highest BCUT2D eigenvalue weighted by Gasteiger charge is 2.21. The van der Waals surface area contributed by atoms with Crippen molar-refractivity contribution in [2.24, 2.45) is 0 Å². The van der Waals surface area contributed by atoms with Crippen LogP contribution in [0.2, 0.25) is 0 Å². The molecule has 9 rings (SSSR count). The molecule has 48 heavy (non-hydrogen) atoms. The van der Waals surface area contributed by atoms with Crippen LogP contribution in [-0.2, 0) is 0 Å². The van der Waals surface area contributed by atoms with E-state index in [0.717, 1.165) is 33.1 Å². The fourth-order valence-corrected chi connectivity index (χ4v) is 7.24. The summed E-state index contributed by atoms with van der Waals surface area (Å²) in [5.41, 5.74) is 12.7. The average molecular weight is 613 g/mol. The monoisotopic (exact) mass is 612 g/mol. The second-order valence-electron chi connectivity index (χ2n) is 12.5. The molecule has 0 fully saturated rings. The molecule has 1 heterocycles. The van der Waals surface area contributed by atoms with E-state index in [9.17, 15) is 0 Å². The maximum absolute atomic E-state index is 6.86. The molecule has 9 aromatic rings. The van der Waals surface area contributed by atoms with Crippen LogP contribution in [0.15, 0.2) is 192 Å². The molecule has 226 valence electrons. The van der Waals surface area contributed by atoms with Gasteiger partial charge < -0.3 is 4.42 Å². The van der Waals surface area contributed by atoms with Gasteiger partial charge in [-0.25, -0.2) is 0 Å². The predicted octanol–water partition coefficient (Wildman–Crippen LogP) is 12.9. The van der Waals surface area contributed by atoms with Gasteiger partial charge in [-0.2, -0.15) is 0 Å². The van der Waals surface area contributed by atoms with Crippen molar-refractivity contribution in [1.82, 2.24) is 0 Å². The number of furan rings is 1. The van der Waals surface area contributed by atoms with Gasteiger partial charge >= 0.3 is 0 Å². The van der Waals surface area contributed by atoms with E-state index in [0.29, 0.717) is 0 Å². The van der Waals surface area contributed by atoms with Crippen molar-refractivity contribution in [1.29, 1.82) is 0 Å². The van der Waals surface area contributed by atoms with Gasteiger partial charge in [0.1, 0.15) is 11.2 Å². The van der Waals surface area contributed by atoms with Gasteiger partial charge in [-0.3, -0.25) is 0 Å². The summed E-state index contributed by atoms with van der Waals surface area (Å²) in [6.45, 7) is 0. The Morgan fingerprint density at radius 1 is 0.333 bits per heavy atom. The van der Waals surface area contributed by atoms with Gasteiger partial charge in [0.05, 0.1) is 0 Å². The summed E-state index contributed by atoms with van der Waals surface area (Å²) in [4.78, 5) is 0. The molecule has 0 saturated heterocycles. The molecule has 0 aliphatic carbocycles. The summed E-state index contributed by atoms with van der Waals surface area (Å²) in [6, 6.07) is 67.5. The minimum Gasteiger partial charge on any atom is -0.455 e. The van der Waals surface area contributed by atoms with Gasteiger partial charge in [-0.05, 0) is 67.4 Å². The van der Waals surface area contributed by atoms with E-state index in [4.69, 9.17) is 4.42 Å². The lowest BCUT2D eigenvalue weighted by atomic mass is 9.83. The molecule has 1 aromatic heterocycles. The SMILES string of the molecule is c1ccc(-c2ccc(C(c3ccc(-c4ccccc4)cc3)c3ccc4c(c3)oc3c(-c5ccccc5)c5ccccc5cc34)cc2)cc1. The smallest absolute Gasteiger partial charge is 0.143 e. The third-order valence-electron chi connectivity index (χ3n) is 9.61. The first-order chi connectivity index (χ1) is 23.8. The Kier molecular flexibility index (Phi) is 6.95. The topological polar surface area (TPSA) is 13.1 Å². The maximum atomic E-state index is 6.86. The Morgan fingerprint density at radius 2 is 0.812 bits per heavy atom. The van der Waals surface area contributed by atoms with Crippen LogP contribution in [0.4, 0.5) is 0 Å². The molecule has 1 heteroatoms. The second-order valence-corrected chi connectivity index (χ2v) is 12.5. The number of hydrogen-bond donors (Lipinski definition) is 0. The zero-order chi connectivity index (χ0) is 31.9. The lowest BCUT2D eigenvalue weighted by molar-refractivity contribution is 0.669. The fourth-order valence-electron chi connectivity index (χ4n) is 7.24. The normalized spacial score (nSPS) is 11.5. The van der Waals surface area contributed by atoms with Gasteiger partial charge in [-0.1, -0.05) is 176 Å². The van der Waals surface area contributed by atoms with Crippen molar-refractivity contribution in [3.8, 4) is 33.4 Å². The van der Waals surface area contributed by atoms with Crippen LogP contribution in [0, 0.1) is 0 Å². The molecular weight excluding hydrogens is 581 g/mol. The molecule has 0 spiro atoms. The lowest BCUT2D eigenvalue weighted by Gasteiger charge is -2.20. The highest BCUT2D eigenvalue weighted by molar-refractivity contribution is 6.18. The fraction of sp³-hybridized carbons (Fsp3) is 0.0213. The zero-order valence-electron chi connectivity index (χ0n) is 26.4. The van der Waals surface area contributed by atoms with Gasteiger partial charge in [0.15, 0.2) is 0 Å². The highest BCUT2D eigenvalue weighted by atomic mass is 16.3. The third-order valence-corrected chi connectivity index (χ3v) is 9.61. The van der Waals surface area contributed by atoms with Crippen molar-refractivity contribution in [2.75, 3.05) is 0 Å². The molecule has 0 aliphatic rings. The summed E-state index contributed by atoms with van der Waals surface area (Å²) in [6.07, 6.45) is 0. The van der Waals surface area contributed by atoms with Crippen LogP contribution in [0.3, 0.4) is 0 Å². The first-order valence-electron chi connectivity index (χ1n) is 16.5. The average Bonchev–Trinajstić information content (AvgIpc) is 3.53. The van der Waals surface area contributed by atoms with E-state index in [1.807, 2.05) is 0 Å². The predicted molar refractivity (Wildman–Crippen MR) is 201 cm³/mol. The molecule has 0 bridgehead atoms. The number of benzene rings is 8. The molecule has 0 radical (unpaired) electrons. The standard InChI is InChI=1S/C47H32O/c1-4-12-32(13-5-1)34-20-24-37(25-21-34)45(38-26-22-35(23-27-38)33-14-6-2-7-15-33)40-28-29-42-43-30-39-18-10-11-19-41(39)46(36-16-8-3-9-17-36)47(43)48-44(42)31-40/h1-31,45H. The summed E-state index contributed by atoms with van der Waals surface area (Å²) < 4.78 is 6.86. The molecule has 0 amide bonds. The zero-order valence-corrected chi connectivity index (χ0v) is 26.4. The summed E-state index contributed by atoms with van der Waals surface area (Å²) in [5, 5.41) is 4.69. The lowest BCUT2D eigenvalue weighted by Crippen LogP contribution is -2.03. The van der Waals surface area contributed by atoms with E-state index < -0.39 is 0 Å². The minimum absolute atomic E-state index is 0.0323. The first-order valence-corrected chi connectivity index (χ1v) is 16.5. The summed E-state index contributed by atoms with van der Waals surface area (Å²) in [5.74, 6) is 0.0323. The molecule has 0 unspecified atom stereocenters. The van der Waals surface area contributed by atoms with Crippen LogP contribution in [0.5, 0.6) is 0 Å². The Morgan fingerprint density at radius 3 is 1.40 bits per heavy atom. The molecule has 8 aromatic carbocycles. The summed E-state index contributed by atoms with van der Waals surface area (Å²) >= 11 is 0. The number of rotatable bonds is 6. The first kappa shape index (κ1) is 28.1. The van der Waals surface area contributed by atoms with Crippen molar-refractivity contribution < 1.29 is 4.42 Å². The molecule has 0 atom stereocenters. The Hall–Kier alpha value is -6.18. The van der Waals surface area contributed by atoms with Crippen molar-refractivity contribution in [2.45, 2.75) is 5.92 Å². The molecule has 0 aliphatic heterocycles. The van der Waals surface area contributed by atoms with E-state index in [-0.39, 0.29) is 5.92 Å².